The molecule has 1 rings (SSSR count). The number of benzene rings is 1. The Labute approximate surface area is 98.7 Å². The maximum Gasteiger partial charge on any atom is 0.0431 e. The number of hydrogen-bond donors (Lipinski definition) is 2. The maximum absolute atomic E-state index is 8.75. The van der Waals surface area contributed by atoms with Crippen molar-refractivity contribution in [2.24, 2.45) is 0 Å². The highest BCUT2D eigenvalue weighted by atomic mass is 16.2. The van der Waals surface area contributed by atoms with Crippen LogP contribution in [0.4, 0.5) is 0 Å². The highest BCUT2D eigenvalue weighted by Gasteiger charge is 2.03. The van der Waals surface area contributed by atoms with Crippen LogP contribution in [0.5, 0.6) is 0 Å². The Morgan fingerprint density at radius 1 is 1.25 bits per heavy atom. The second kappa shape index (κ2) is 7.42. The van der Waals surface area contributed by atoms with Gasteiger partial charge in [0.25, 0.3) is 0 Å². The summed E-state index contributed by atoms with van der Waals surface area (Å²) >= 11 is 0. The normalized spacial score (nSPS) is 12.7. The van der Waals surface area contributed by atoms with Gasteiger partial charge in [-0.1, -0.05) is 31.2 Å². The van der Waals surface area contributed by atoms with Crippen molar-refractivity contribution in [3.63, 3.8) is 0 Å². The molecule has 2 heteroatoms. The van der Waals surface area contributed by atoms with E-state index in [9.17, 15) is 0 Å². The predicted octanol–water partition coefficient (Wildman–Crippen LogP) is 2.50. The lowest BCUT2D eigenvalue weighted by Gasteiger charge is -2.14. The van der Waals surface area contributed by atoms with Gasteiger partial charge in [0.1, 0.15) is 0 Å². The number of rotatable bonds is 7. The first kappa shape index (κ1) is 13.2. The fourth-order valence-electron chi connectivity index (χ4n) is 1.86. The SMILES string of the molecule is CCc1ccccc1CNC(C)CCCO. The summed E-state index contributed by atoms with van der Waals surface area (Å²) in [5, 5.41) is 12.3. The molecule has 1 atom stereocenters. The van der Waals surface area contributed by atoms with Gasteiger partial charge in [0, 0.05) is 19.2 Å². The molecule has 1 aromatic rings. The molecule has 0 amide bonds. The zero-order valence-electron chi connectivity index (χ0n) is 10.4. The smallest absolute Gasteiger partial charge is 0.0431 e. The second-order valence-corrected chi connectivity index (χ2v) is 4.27. The van der Waals surface area contributed by atoms with Crippen LogP contribution >= 0.6 is 0 Å². The van der Waals surface area contributed by atoms with Crippen LogP contribution in [0.15, 0.2) is 24.3 Å². The Bertz CT molecular complexity index is 299. The number of nitrogens with one attached hydrogen (secondary N) is 1. The molecule has 0 saturated heterocycles. The van der Waals surface area contributed by atoms with Crippen molar-refractivity contribution in [2.45, 2.75) is 45.7 Å². The lowest BCUT2D eigenvalue weighted by molar-refractivity contribution is 0.276. The molecule has 0 heterocycles. The van der Waals surface area contributed by atoms with Crippen LogP contribution in [0, 0.1) is 0 Å². The largest absolute Gasteiger partial charge is 0.396 e. The fourth-order valence-corrected chi connectivity index (χ4v) is 1.86. The van der Waals surface area contributed by atoms with Crippen LogP contribution in [0.2, 0.25) is 0 Å². The van der Waals surface area contributed by atoms with Crippen LogP contribution in [-0.2, 0) is 13.0 Å². The number of aliphatic hydroxyl groups excluding tert-OH is 1. The third kappa shape index (κ3) is 4.33. The van der Waals surface area contributed by atoms with Crippen molar-refractivity contribution in [3.8, 4) is 0 Å². The maximum atomic E-state index is 8.75. The van der Waals surface area contributed by atoms with E-state index in [4.69, 9.17) is 5.11 Å². The van der Waals surface area contributed by atoms with Gasteiger partial charge in [0.05, 0.1) is 0 Å². The molecule has 2 N–H and O–H groups in total. The van der Waals surface area contributed by atoms with E-state index in [1.807, 2.05) is 0 Å². The summed E-state index contributed by atoms with van der Waals surface area (Å²) < 4.78 is 0. The summed E-state index contributed by atoms with van der Waals surface area (Å²) in [6.45, 7) is 5.58. The Kier molecular flexibility index (Phi) is 6.12. The van der Waals surface area contributed by atoms with Crippen LogP contribution < -0.4 is 5.32 Å². The van der Waals surface area contributed by atoms with Crippen LogP contribution in [0.25, 0.3) is 0 Å². The van der Waals surface area contributed by atoms with E-state index in [1.54, 1.807) is 0 Å². The Morgan fingerprint density at radius 2 is 1.94 bits per heavy atom. The van der Waals surface area contributed by atoms with E-state index < -0.39 is 0 Å². The average Bonchev–Trinajstić information content (AvgIpc) is 2.34. The molecule has 90 valence electrons. The van der Waals surface area contributed by atoms with Crippen molar-refractivity contribution in [3.05, 3.63) is 35.4 Å². The second-order valence-electron chi connectivity index (χ2n) is 4.27. The highest BCUT2D eigenvalue weighted by Crippen LogP contribution is 2.09. The summed E-state index contributed by atoms with van der Waals surface area (Å²) in [4.78, 5) is 0. The topological polar surface area (TPSA) is 32.3 Å². The Hall–Kier alpha value is -0.860. The first-order chi connectivity index (χ1) is 7.77. The molecule has 0 radical (unpaired) electrons. The summed E-state index contributed by atoms with van der Waals surface area (Å²) in [5.74, 6) is 0. The van der Waals surface area contributed by atoms with Gasteiger partial charge in [-0.15, -0.1) is 0 Å². The molecule has 0 aliphatic heterocycles. The van der Waals surface area contributed by atoms with Crippen molar-refractivity contribution >= 4 is 0 Å². The van der Waals surface area contributed by atoms with Gasteiger partial charge >= 0.3 is 0 Å². The molecule has 16 heavy (non-hydrogen) atoms. The summed E-state index contributed by atoms with van der Waals surface area (Å²) in [6.07, 6.45) is 3.00. The monoisotopic (exact) mass is 221 g/mol. The number of aliphatic hydroxyl groups is 1. The molecule has 0 spiro atoms. The zero-order valence-corrected chi connectivity index (χ0v) is 10.4. The molecule has 0 saturated carbocycles. The zero-order chi connectivity index (χ0) is 11.8. The predicted molar refractivity (Wildman–Crippen MR) is 68.4 cm³/mol. The van der Waals surface area contributed by atoms with Crippen LogP contribution in [0.1, 0.15) is 37.8 Å². The van der Waals surface area contributed by atoms with Crippen LogP contribution in [0.3, 0.4) is 0 Å². The molecule has 0 aliphatic carbocycles. The van der Waals surface area contributed by atoms with E-state index in [2.05, 4.69) is 43.4 Å². The lowest BCUT2D eigenvalue weighted by Crippen LogP contribution is -2.26. The molecule has 2 nitrogen and oxygen atoms in total. The summed E-state index contributed by atoms with van der Waals surface area (Å²) in [7, 11) is 0. The fraction of sp³-hybridized carbons (Fsp3) is 0.571. The minimum absolute atomic E-state index is 0.289. The van der Waals surface area contributed by atoms with Crippen molar-refractivity contribution in [1.82, 2.24) is 5.32 Å². The minimum Gasteiger partial charge on any atom is -0.396 e. The lowest BCUT2D eigenvalue weighted by atomic mass is 10.0. The van der Waals surface area contributed by atoms with Gasteiger partial charge in [-0.2, -0.15) is 0 Å². The number of aryl methyl sites for hydroxylation is 1. The summed E-state index contributed by atoms with van der Waals surface area (Å²) in [5.41, 5.74) is 2.81. The first-order valence-electron chi connectivity index (χ1n) is 6.19. The quantitative estimate of drug-likeness (QED) is 0.741. The Balaban J connectivity index is 2.41. The van der Waals surface area contributed by atoms with Gasteiger partial charge in [-0.05, 0) is 37.3 Å². The Morgan fingerprint density at radius 3 is 2.56 bits per heavy atom. The van der Waals surface area contributed by atoms with E-state index in [1.165, 1.54) is 11.1 Å². The van der Waals surface area contributed by atoms with E-state index in [0.29, 0.717) is 6.04 Å². The molecule has 0 aliphatic rings. The van der Waals surface area contributed by atoms with Crippen molar-refractivity contribution in [1.29, 1.82) is 0 Å². The van der Waals surface area contributed by atoms with Crippen molar-refractivity contribution < 1.29 is 5.11 Å². The minimum atomic E-state index is 0.289. The molecule has 1 unspecified atom stereocenters. The van der Waals surface area contributed by atoms with Gasteiger partial charge in [0.2, 0.25) is 0 Å². The van der Waals surface area contributed by atoms with E-state index >= 15 is 0 Å². The third-order valence-electron chi connectivity index (χ3n) is 2.94. The van der Waals surface area contributed by atoms with Gasteiger partial charge in [0.15, 0.2) is 0 Å². The van der Waals surface area contributed by atoms with Crippen LogP contribution in [-0.4, -0.2) is 17.8 Å². The summed E-state index contributed by atoms with van der Waals surface area (Å²) in [6, 6.07) is 9.03. The molecular weight excluding hydrogens is 198 g/mol. The van der Waals surface area contributed by atoms with Gasteiger partial charge in [-0.3, -0.25) is 0 Å². The highest BCUT2D eigenvalue weighted by molar-refractivity contribution is 5.26. The van der Waals surface area contributed by atoms with Crippen molar-refractivity contribution in [2.75, 3.05) is 6.61 Å². The molecule has 0 fully saturated rings. The standard InChI is InChI=1S/C14H23NO/c1-3-13-8-4-5-9-14(13)11-15-12(2)7-6-10-16/h4-5,8-9,12,15-16H,3,6-7,10-11H2,1-2H3. The van der Waals surface area contributed by atoms with E-state index in [-0.39, 0.29) is 6.61 Å². The average molecular weight is 221 g/mol. The van der Waals surface area contributed by atoms with Gasteiger partial charge < -0.3 is 10.4 Å². The molecule has 0 bridgehead atoms. The van der Waals surface area contributed by atoms with E-state index in [0.717, 1.165) is 25.8 Å². The third-order valence-corrected chi connectivity index (χ3v) is 2.94. The number of hydrogen-bond acceptors (Lipinski definition) is 2. The van der Waals surface area contributed by atoms with Gasteiger partial charge in [-0.25, -0.2) is 0 Å². The first-order valence-corrected chi connectivity index (χ1v) is 6.19. The molecule has 0 aromatic heterocycles. The molecular formula is C14H23NO. The molecule has 1 aromatic carbocycles.